The number of rotatable bonds is 5. The average molecular weight is 289 g/mol. The number of hydrogen-bond acceptors (Lipinski definition) is 6. The second kappa shape index (κ2) is 6.41. The Kier molecular flexibility index (Phi) is 4.59. The monoisotopic (exact) mass is 289 g/mol. The Morgan fingerprint density at radius 2 is 1.95 bits per heavy atom. The minimum absolute atomic E-state index is 0.132. The molecule has 2 rings (SSSR count). The highest BCUT2D eigenvalue weighted by molar-refractivity contribution is 5.51. The number of methoxy groups -OCH3 is 2. The molecule has 3 N–H and O–H groups in total. The summed E-state index contributed by atoms with van der Waals surface area (Å²) in [6.45, 7) is 1.66. The number of hydrogen-bond donors (Lipinski definition) is 2. The molecule has 0 amide bonds. The fourth-order valence-corrected chi connectivity index (χ4v) is 2.19. The second-order valence-electron chi connectivity index (χ2n) is 4.65. The van der Waals surface area contributed by atoms with Crippen LogP contribution in [0.1, 0.15) is 22.5 Å². The van der Waals surface area contributed by atoms with Crippen molar-refractivity contribution in [3.05, 3.63) is 40.8 Å². The zero-order valence-corrected chi connectivity index (χ0v) is 12.4. The molecule has 112 valence electrons. The number of aliphatic hydroxyl groups is 1. The minimum atomic E-state index is -0.132. The van der Waals surface area contributed by atoms with E-state index in [1.54, 1.807) is 27.3 Å². The lowest BCUT2D eigenvalue weighted by atomic mass is 10.0. The van der Waals surface area contributed by atoms with Crippen LogP contribution in [0, 0.1) is 6.92 Å². The molecule has 1 aromatic heterocycles. The third-order valence-electron chi connectivity index (χ3n) is 3.20. The van der Waals surface area contributed by atoms with Crippen molar-refractivity contribution in [2.45, 2.75) is 20.0 Å². The number of ether oxygens (including phenoxy) is 2. The molecule has 0 aliphatic carbocycles. The molecule has 2 aromatic rings. The summed E-state index contributed by atoms with van der Waals surface area (Å²) in [5.74, 6) is 2.21. The van der Waals surface area contributed by atoms with Crippen molar-refractivity contribution < 1.29 is 14.6 Å². The van der Waals surface area contributed by atoms with Crippen molar-refractivity contribution in [1.82, 2.24) is 9.97 Å². The molecule has 0 unspecified atom stereocenters. The molecule has 0 saturated carbocycles. The number of nitrogen functional groups attached to an aromatic ring is 1. The average Bonchev–Trinajstić information content (AvgIpc) is 2.49. The van der Waals surface area contributed by atoms with Crippen LogP contribution >= 0.6 is 0 Å². The third-order valence-corrected chi connectivity index (χ3v) is 3.20. The van der Waals surface area contributed by atoms with Gasteiger partial charge in [-0.15, -0.1) is 0 Å². The Labute approximate surface area is 123 Å². The summed E-state index contributed by atoms with van der Waals surface area (Å²) in [5.41, 5.74) is 8.35. The molecule has 0 fully saturated rings. The molecule has 21 heavy (non-hydrogen) atoms. The SMILES string of the molecule is COc1cc(Cc2cnc(C)nc2N)cc(CO)c1OC. The highest BCUT2D eigenvalue weighted by atomic mass is 16.5. The van der Waals surface area contributed by atoms with Gasteiger partial charge in [-0.05, 0) is 24.6 Å². The fraction of sp³-hybridized carbons (Fsp3) is 0.333. The van der Waals surface area contributed by atoms with E-state index >= 15 is 0 Å². The summed E-state index contributed by atoms with van der Waals surface area (Å²) >= 11 is 0. The lowest BCUT2D eigenvalue weighted by molar-refractivity contribution is 0.269. The van der Waals surface area contributed by atoms with Crippen LogP contribution in [0.2, 0.25) is 0 Å². The van der Waals surface area contributed by atoms with Gasteiger partial charge in [-0.25, -0.2) is 9.97 Å². The first-order valence-electron chi connectivity index (χ1n) is 6.51. The molecule has 0 atom stereocenters. The third kappa shape index (κ3) is 3.22. The lowest BCUT2D eigenvalue weighted by Gasteiger charge is -2.14. The van der Waals surface area contributed by atoms with E-state index in [1.807, 2.05) is 12.1 Å². The van der Waals surface area contributed by atoms with E-state index < -0.39 is 0 Å². The normalized spacial score (nSPS) is 10.5. The van der Waals surface area contributed by atoms with Crippen LogP contribution in [0.15, 0.2) is 18.3 Å². The maximum Gasteiger partial charge on any atom is 0.166 e. The molecule has 0 saturated heterocycles. The minimum Gasteiger partial charge on any atom is -0.493 e. The number of aromatic nitrogens is 2. The van der Waals surface area contributed by atoms with Gasteiger partial charge in [-0.3, -0.25) is 0 Å². The topological polar surface area (TPSA) is 90.5 Å². The fourth-order valence-electron chi connectivity index (χ4n) is 2.19. The summed E-state index contributed by atoms with van der Waals surface area (Å²) in [5, 5.41) is 9.47. The molecule has 6 nitrogen and oxygen atoms in total. The smallest absolute Gasteiger partial charge is 0.166 e. The van der Waals surface area contributed by atoms with Crippen LogP contribution in [0.5, 0.6) is 11.5 Å². The predicted molar refractivity (Wildman–Crippen MR) is 79.5 cm³/mol. The Hall–Kier alpha value is -2.34. The lowest BCUT2D eigenvalue weighted by Crippen LogP contribution is -2.03. The van der Waals surface area contributed by atoms with Gasteiger partial charge in [0.2, 0.25) is 0 Å². The van der Waals surface area contributed by atoms with Crippen molar-refractivity contribution in [1.29, 1.82) is 0 Å². The molecular weight excluding hydrogens is 270 g/mol. The number of benzene rings is 1. The van der Waals surface area contributed by atoms with Crippen LogP contribution in [-0.4, -0.2) is 29.3 Å². The molecule has 0 spiro atoms. The van der Waals surface area contributed by atoms with Crippen LogP contribution in [0.25, 0.3) is 0 Å². The van der Waals surface area contributed by atoms with E-state index in [9.17, 15) is 5.11 Å². The van der Waals surface area contributed by atoms with Gasteiger partial charge in [-0.1, -0.05) is 0 Å². The molecule has 0 aliphatic rings. The van der Waals surface area contributed by atoms with E-state index in [-0.39, 0.29) is 6.61 Å². The van der Waals surface area contributed by atoms with Crippen LogP contribution < -0.4 is 15.2 Å². The van der Waals surface area contributed by atoms with Crippen LogP contribution in [0.3, 0.4) is 0 Å². The summed E-state index contributed by atoms with van der Waals surface area (Å²) < 4.78 is 10.6. The summed E-state index contributed by atoms with van der Waals surface area (Å²) in [4.78, 5) is 8.31. The maximum atomic E-state index is 9.47. The van der Waals surface area contributed by atoms with Gasteiger partial charge >= 0.3 is 0 Å². The number of aliphatic hydroxyl groups excluding tert-OH is 1. The number of nitrogens with two attached hydrogens (primary N) is 1. The molecule has 1 heterocycles. The Bertz CT molecular complexity index is 619. The van der Waals surface area contributed by atoms with Crippen LogP contribution in [-0.2, 0) is 13.0 Å². The van der Waals surface area contributed by atoms with E-state index in [4.69, 9.17) is 15.2 Å². The molecule has 1 aromatic carbocycles. The molecule has 0 aliphatic heterocycles. The maximum absolute atomic E-state index is 9.47. The van der Waals surface area contributed by atoms with Gasteiger partial charge in [0, 0.05) is 23.7 Å². The van der Waals surface area contributed by atoms with Gasteiger partial charge in [0.15, 0.2) is 11.5 Å². The van der Waals surface area contributed by atoms with Gasteiger partial charge in [0.25, 0.3) is 0 Å². The van der Waals surface area contributed by atoms with Gasteiger partial charge in [-0.2, -0.15) is 0 Å². The summed E-state index contributed by atoms with van der Waals surface area (Å²) in [6, 6.07) is 3.72. The number of nitrogens with zero attached hydrogens (tertiary/aromatic N) is 2. The van der Waals surface area contributed by atoms with Crippen molar-refractivity contribution in [2.24, 2.45) is 0 Å². The van der Waals surface area contributed by atoms with Gasteiger partial charge < -0.3 is 20.3 Å². The Morgan fingerprint density at radius 1 is 1.19 bits per heavy atom. The number of anilines is 1. The molecule has 0 bridgehead atoms. The molecule has 6 heteroatoms. The van der Waals surface area contributed by atoms with E-state index in [0.717, 1.165) is 11.1 Å². The highest BCUT2D eigenvalue weighted by Crippen LogP contribution is 2.33. The molecule has 0 radical (unpaired) electrons. The number of aryl methyl sites for hydroxylation is 1. The first-order chi connectivity index (χ1) is 10.1. The van der Waals surface area contributed by atoms with E-state index in [2.05, 4.69) is 9.97 Å². The standard InChI is InChI=1S/C15H19N3O3/c1-9-17-7-11(15(16)18-9)4-10-5-12(8-19)14(21-3)13(6-10)20-2/h5-7,19H,4,8H2,1-3H3,(H2,16,17,18). The summed E-state index contributed by atoms with van der Waals surface area (Å²) in [7, 11) is 3.11. The highest BCUT2D eigenvalue weighted by Gasteiger charge is 2.13. The molecular formula is C15H19N3O3. The second-order valence-corrected chi connectivity index (χ2v) is 4.65. The predicted octanol–water partition coefficient (Wildman–Crippen LogP) is 1.47. The van der Waals surface area contributed by atoms with Crippen LogP contribution in [0.4, 0.5) is 5.82 Å². The van der Waals surface area contributed by atoms with Crippen molar-refractivity contribution >= 4 is 5.82 Å². The summed E-state index contributed by atoms with van der Waals surface area (Å²) in [6.07, 6.45) is 2.27. The first-order valence-corrected chi connectivity index (χ1v) is 6.51. The Morgan fingerprint density at radius 3 is 2.52 bits per heavy atom. The van der Waals surface area contributed by atoms with E-state index in [0.29, 0.717) is 35.1 Å². The zero-order valence-electron chi connectivity index (χ0n) is 12.4. The Balaban J connectivity index is 2.40. The van der Waals surface area contributed by atoms with E-state index in [1.165, 1.54) is 0 Å². The van der Waals surface area contributed by atoms with Crippen molar-refractivity contribution in [3.8, 4) is 11.5 Å². The van der Waals surface area contributed by atoms with Gasteiger partial charge in [0.1, 0.15) is 11.6 Å². The zero-order chi connectivity index (χ0) is 15.4. The van der Waals surface area contributed by atoms with Crippen molar-refractivity contribution in [2.75, 3.05) is 20.0 Å². The van der Waals surface area contributed by atoms with Gasteiger partial charge in [0.05, 0.1) is 20.8 Å². The van der Waals surface area contributed by atoms with Crippen molar-refractivity contribution in [3.63, 3.8) is 0 Å². The quantitative estimate of drug-likeness (QED) is 0.866. The largest absolute Gasteiger partial charge is 0.493 e. The first kappa shape index (κ1) is 15.1.